The van der Waals surface area contributed by atoms with Crippen molar-refractivity contribution >= 4 is 45.8 Å². The predicted molar refractivity (Wildman–Crippen MR) is 106 cm³/mol. The van der Waals surface area contributed by atoms with E-state index < -0.39 is 0 Å². The Morgan fingerprint density at radius 2 is 2.15 bits per heavy atom. The van der Waals surface area contributed by atoms with Crippen molar-refractivity contribution in [2.24, 2.45) is 0 Å². The second-order valence-electron chi connectivity index (χ2n) is 5.69. The van der Waals surface area contributed by atoms with E-state index in [2.05, 4.69) is 25.4 Å². The van der Waals surface area contributed by atoms with Gasteiger partial charge < -0.3 is 15.0 Å². The number of nitrogens with zero attached hydrogens (tertiary/aromatic N) is 5. The summed E-state index contributed by atoms with van der Waals surface area (Å²) in [4.78, 5) is 18.2. The van der Waals surface area contributed by atoms with Gasteiger partial charge in [-0.2, -0.15) is 0 Å². The second kappa shape index (κ2) is 7.97. The molecule has 0 saturated heterocycles. The first-order valence-corrected chi connectivity index (χ1v) is 10.4. The molecule has 4 rings (SSSR count). The molecule has 0 spiro atoms. The van der Waals surface area contributed by atoms with Crippen LogP contribution in [-0.4, -0.2) is 44.6 Å². The Morgan fingerprint density at radius 3 is 2.89 bits per heavy atom. The van der Waals surface area contributed by atoms with E-state index in [-0.39, 0.29) is 11.7 Å². The van der Waals surface area contributed by atoms with Crippen LogP contribution in [0.4, 0.5) is 16.8 Å². The molecule has 1 aromatic carbocycles. The van der Waals surface area contributed by atoms with Gasteiger partial charge in [0.25, 0.3) is 0 Å². The zero-order valence-electron chi connectivity index (χ0n) is 14.7. The Hall–Kier alpha value is -2.59. The van der Waals surface area contributed by atoms with Crippen LogP contribution >= 0.6 is 23.1 Å². The molecule has 1 aliphatic rings. The van der Waals surface area contributed by atoms with Crippen LogP contribution < -0.4 is 15.0 Å². The van der Waals surface area contributed by atoms with Gasteiger partial charge in [-0.3, -0.25) is 9.36 Å². The van der Waals surface area contributed by atoms with Gasteiger partial charge in [-0.1, -0.05) is 11.8 Å². The first kappa shape index (κ1) is 17.8. The van der Waals surface area contributed by atoms with E-state index in [0.717, 1.165) is 35.6 Å². The number of fused-ring (bicyclic) bond motifs is 1. The number of nitrogens with one attached hydrogen (secondary N) is 1. The minimum absolute atomic E-state index is 0.103. The van der Waals surface area contributed by atoms with Gasteiger partial charge in [0.15, 0.2) is 10.3 Å². The molecule has 3 heterocycles. The van der Waals surface area contributed by atoms with Gasteiger partial charge >= 0.3 is 0 Å². The summed E-state index contributed by atoms with van der Waals surface area (Å²) in [5.74, 6) is 1.81. The minimum Gasteiger partial charge on any atom is -0.494 e. The number of benzene rings is 1. The standard InChI is InChI=1S/C17H18N6O2S2/c1-2-25-13-5-3-12(4-6-13)22-8-9-23-16(22)20-21-17(23)27-11-14(24)19-15-18-7-10-26-15/h3-7,10H,2,8-9,11H2,1H3,(H,18,19,24). The van der Waals surface area contributed by atoms with E-state index in [1.807, 2.05) is 41.1 Å². The van der Waals surface area contributed by atoms with E-state index in [9.17, 15) is 4.79 Å². The van der Waals surface area contributed by atoms with E-state index >= 15 is 0 Å². The summed E-state index contributed by atoms with van der Waals surface area (Å²) in [5, 5.41) is 14.5. The highest BCUT2D eigenvalue weighted by molar-refractivity contribution is 7.99. The maximum atomic E-state index is 12.0. The van der Waals surface area contributed by atoms with Gasteiger partial charge in [0.1, 0.15) is 5.75 Å². The normalized spacial score (nSPS) is 12.9. The number of hydrogen-bond acceptors (Lipinski definition) is 8. The summed E-state index contributed by atoms with van der Waals surface area (Å²) >= 11 is 2.77. The largest absolute Gasteiger partial charge is 0.494 e. The van der Waals surface area contributed by atoms with Crippen molar-refractivity contribution in [2.45, 2.75) is 18.6 Å². The topological polar surface area (TPSA) is 85.2 Å². The smallest absolute Gasteiger partial charge is 0.236 e. The molecule has 0 bridgehead atoms. The highest BCUT2D eigenvalue weighted by Crippen LogP contribution is 2.32. The molecular formula is C17H18N6O2S2. The van der Waals surface area contributed by atoms with E-state index in [4.69, 9.17) is 4.74 Å². The molecule has 1 N–H and O–H groups in total. The highest BCUT2D eigenvalue weighted by Gasteiger charge is 2.26. The zero-order valence-corrected chi connectivity index (χ0v) is 16.3. The Kier molecular flexibility index (Phi) is 5.26. The second-order valence-corrected chi connectivity index (χ2v) is 7.52. The lowest BCUT2D eigenvalue weighted by Crippen LogP contribution is -2.14. The predicted octanol–water partition coefficient (Wildman–Crippen LogP) is 3.02. The van der Waals surface area contributed by atoms with Gasteiger partial charge in [-0.05, 0) is 31.2 Å². The van der Waals surface area contributed by atoms with Crippen LogP contribution in [0.1, 0.15) is 6.92 Å². The summed E-state index contributed by atoms with van der Waals surface area (Å²) in [6.45, 7) is 4.21. The fourth-order valence-corrected chi connectivity index (χ4v) is 4.09. The third-order valence-electron chi connectivity index (χ3n) is 3.96. The molecule has 0 aliphatic carbocycles. The van der Waals surface area contributed by atoms with Crippen LogP contribution in [0, 0.1) is 0 Å². The Balaban J connectivity index is 1.40. The van der Waals surface area contributed by atoms with E-state index in [1.54, 1.807) is 6.20 Å². The molecule has 0 saturated carbocycles. The van der Waals surface area contributed by atoms with Gasteiger partial charge in [0, 0.05) is 30.4 Å². The number of hydrogen-bond donors (Lipinski definition) is 1. The average Bonchev–Trinajstić information content (AvgIpc) is 3.39. The van der Waals surface area contributed by atoms with Crippen molar-refractivity contribution in [3.8, 4) is 5.75 Å². The van der Waals surface area contributed by atoms with Crippen molar-refractivity contribution in [3.63, 3.8) is 0 Å². The van der Waals surface area contributed by atoms with Crippen molar-refractivity contribution in [3.05, 3.63) is 35.8 Å². The first-order chi connectivity index (χ1) is 13.2. The molecule has 0 fully saturated rings. The SMILES string of the molecule is CCOc1ccc(N2CCn3c(SCC(=O)Nc4nccs4)nnc32)cc1. The van der Waals surface area contributed by atoms with Crippen LogP contribution in [0.5, 0.6) is 5.75 Å². The maximum absolute atomic E-state index is 12.0. The van der Waals surface area contributed by atoms with Crippen LogP contribution in [0.15, 0.2) is 41.0 Å². The average molecular weight is 403 g/mol. The maximum Gasteiger partial charge on any atom is 0.236 e. The number of rotatable bonds is 7. The molecule has 8 nitrogen and oxygen atoms in total. The molecule has 140 valence electrons. The quantitative estimate of drug-likeness (QED) is 0.608. The van der Waals surface area contributed by atoms with Gasteiger partial charge in [-0.15, -0.1) is 21.5 Å². The number of anilines is 3. The molecule has 3 aromatic rings. The lowest BCUT2D eigenvalue weighted by atomic mass is 10.3. The lowest BCUT2D eigenvalue weighted by molar-refractivity contribution is -0.113. The van der Waals surface area contributed by atoms with Crippen molar-refractivity contribution < 1.29 is 9.53 Å². The Labute approximate surface area is 164 Å². The first-order valence-electron chi connectivity index (χ1n) is 8.50. The van der Waals surface area contributed by atoms with Crippen LogP contribution in [0.3, 0.4) is 0 Å². The molecule has 1 aliphatic heterocycles. The highest BCUT2D eigenvalue weighted by atomic mass is 32.2. The molecule has 2 aromatic heterocycles. The van der Waals surface area contributed by atoms with Crippen molar-refractivity contribution in [1.82, 2.24) is 19.7 Å². The zero-order chi connectivity index (χ0) is 18.6. The third kappa shape index (κ3) is 3.91. The number of carbonyl (C=O) groups is 1. The van der Waals surface area contributed by atoms with Crippen LogP contribution in [0.25, 0.3) is 0 Å². The van der Waals surface area contributed by atoms with Crippen molar-refractivity contribution in [2.75, 3.05) is 29.1 Å². The molecule has 0 unspecified atom stereocenters. The van der Waals surface area contributed by atoms with Crippen LogP contribution in [-0.2, 0) is 11.3 Å². The monoisotopic (exact) mass is 402 g/mol. The molecule has 10 heteroatoms. The van der Waals surface area contributed by atoms with E-state index in [0.29, 0.717) is 11.7 Å². The number of amides is 1. The fraction of sp³-hybridized carbons (Fsp3) is 0.294. The molecule has 27 heavy (non-hydrogen) atoms. The number of ether oxygens (including phenoxy) is 1. The number of aromatic nitrogens is 4. The summed E-state index contributed by atoms with van der Waals surface area (Å²) in [6.07, 6.45) is 1.66. The fourth-order valence-electron chi connectivity index (χ4n) is 2.79. The lowest BCUT2D eigenvalue weighted by Gasteiger charge is -2.15. The minimum atomic E-state index is -0.103. The summed E-state index contributed by atoms with van der Waals surface area (Å²) in [6, 6.07) is 7.94. The van der Waals surface area contributed by atoms with Gasteiger partial charge in [-0.25, -0.2) is 4.98 Å². The molecule has 1 amide bonds. The van der Waals surface area contributed by atoms with Gasteiger partial charge in [0.05, 0.1) is 12.4 Å². The number of carbonyl (C=O) groups excluding carboxylic acids is 1. The molecule has 0 radical (unpaired) electrons. The summed E-state index contributed by atoms with van der Waals surface area (Å²) in [7, 11) is 0. The third-order valence-corrected chi connectivity index (χ3v) is 5.61. The molecular weight excluding hydrogens is 384 g/mol. The Bertz CT molecular complexity index is 910. The molecule has 0 atom stereocenters. The summed E-state index contributed by atoms with van der Waals surface area (Å²) < 4.78 is 7.53. The van der Waals surface area contributed by atoms with E-state index in [1.165, 1.54) is 23.1 Å². The van der Waals surface area contributed by atoms with Crippen molar-refractivity contribution in [1.29, 1.82) is 0 Å². The van der Waals surface area contributed by atoms with Gasteiger partial charge in [0.2, 0.25) is 11.9 Å². The van der Waals surface area contributed by atoms with Crippen LogP contribution in [0.2, 0.25) is 0 Å². The summed E-state index contributed by atoms with van der Waals surface area (Å²) in [5.41, 5.74) is 1.04. The number of thioether (sulfide) groups is 1. The number of thiazole rings is 1. The Morgan fingerprint density at radius 1 is 1.30 bits per heavy atom.